The standard InChI is InChI=1S/C30H30Cl2N2O2/c1-33-15-11-23-19-21(7-9-26(23)29(33)35)25(22-8-10-27(31)28(32)20-22)12-16-34-17-13-30(36,14-18-34)24-5-3-2-4-6-24/h2-11,15,19-20,25,36H,12-14,16-18H2,1H3. The Bertz CT molecular complexity index is 1430. The average molecular weight is 521 g/mol. The van der Waals surface area contributed by atoms with E-state index in [1.165, 1.54) is 0 Å². The highest BCUT2D eigenvalue weighted by molar-refractivity contribution is 6.42. The van der Waals surface area contributed by atoms with Crippen LogP contribution in [0.1, 0.15) is 41.9 Å². The lowest BCUT2D eigenvalue weighted by atomic mass is 9.83. The molecule has 1 saturated heterocycles. The summed E-state index contributed by atoms with van der Waals surface area (Å²) < 4.78 is 1.60. The van der Waals surface area contributed by atoms with Gasteiger partial charge in [0.05, 0.1) is 15.6 Å². The molecule has 4 aromatic rings. The van der Waals surface area contributed by atoms with Gasteiger partial charge in [-0.3, -0.25) is 4.79 Å². The van der Waals surface area contributed by atoms with Gasteiger partial charge in [-0.1, -0.05) is 71.7 Å². The second-order valence-corrected chi connectivity index (χ2v) is 10.6. The van der Waals surface area contributed by atoms with Crippen LogP contribution in [0.3, 0.4) is 0 Å². The molecule has 1 fully saturated rings. The fourth-order valence-electron chi connectivity index (χ4n) is 5.33. The zero-order valence-electron chi connectivity index (χ0n) is 20.3. The van der Waals surface area contributed by atoms with Crippen molar-refractivity contribution in [2.24, 2.45) is 7.05 Å². The Morgan fingerprint density at radius 1 is 0.917 bits per heavy atom. The van der Waals surface area contributed by atoms with Gasteiger partial charge in [-0.15, -0.1) is 0 Å². The number of rotatable bonds is 6. The molecule has 1 aliphatic rings. The van der Waals surface area contributed by atoms with Crippen LogP contribution in [-0.4, -0.2) is 34.2 Å². The molecule has 186 valence electrons. The summed E-state index contributed by atoms with van der Waals surface area (Å²) in [4.78, 5) is 15.0. The third-order valence-corrected chi connectivity index (χ3v) is 8.32. The molecule has 4 nitrogen and oxygen atoms in total. The number of pyridine rings is 1. The number of benzene rings is 3. The van der Waals surface area contributed by atoms with Crippen molar-refractivity contribution < 1.29 is 5.11 Å². The molecule has 36 heavy (non-hydrogen) atoms. The van der Waals surface area contributed by atoms with Crippen molar-refractivity contribution in [2.75, 3.05) is 19.6 Å². The lowest BCUT2D eigenvalue weighted by Gasteiger charge is -2.39. The Hall–Kier alpha value is -2.63. The molecule has 0 radical (unpaired) electrons. The van der Waals surface area contributed by atoms with Crippen LogP contribution in [0.25, 0.3) is 10.8 Å². The number of fused-ring (bicyclic) bond motifs is 1. The third-order valence-electron chi connectivity index (χ3n) is 7.58. The van der Waals surface area contributed by atoms with Gasteiger partial charge in [0.1, 0.15) is 0 Å². The lowest BCUT2D eigenvalue weighted by molar-refractivity contribution is -0.0261. The third kappa shape index (κ3) is 5.09. The number of nitrogens with zero attached hydrogens (tertiary/aromatic N) is 2. The van der Waals surface area contributed by atoms with Crippen LogP contribution in [0, 0.1) is 0 Å². The van der Waals surface area contributed by atoms with Crippen LogP contribution in [-0.2, 0) is 12.6 Å². The number of aromatic nitrogens is 1. The van der Waals surface area contributed by atoms with Gasteiger partial charge in [0.15, 0.2) is 0 Å². The van der Waals surface area contributed by atoms with Crippen LogP contribution in [0.4, 0.5) is 0 Å². The minimum Gasteiger partial charge on any atom is -0.385 e. The Balaban J connectivity index is 1.38. The van der Waals surface area contributed by atoms with Crippen LogP contribution < -0.4 is 5.56 Å². The summed E-state index contributed by atoms with van der Waals surface area (Å²) >= 11 is 12.6. The van der Waals surface area contributed by atoms with E-state index < -0.39 is 5.60 Å². The number of aryl methyl sites for hydroxylation is 1. The van der Waals surface area contributed by atoms with Crippen molar-refractivity contribution in [3.8, 4) is 0 Å². The Morgan fingerprint density at radius 3 is 2.33 bits per heavy atom. The normalized spacial score (nSPS) is 16.8. The number of hydrogen-bond donors (Lipinski definition) is 1. The number of piperidine rings is 1. The summed E-state index contributed by atoms with van der Waals surface area (Å²) in [6.45, 7) is 2.57. The molecule has 1 unspecified atom stereocenters. The molecule has 1 N–H and O–H groups in total. The van der Waals surface area contributed by atoms with Crippen LogP contribution in [0.5, 0.6) is 0 Å². The molecular formula is C30H30Cl2N2O2. The molecule has 0 aliphatic carbocycles. The van der Waals surface area contributed by atoms with E-state index in [1.807, 2.05) is 66.9 Å². The van der Waals surface area contributed by atoms with E-state index in [2.05, 4.69) is 17.0 Å². The van der Waals surface area contributed by atoms with Crippen LogP contribution in [0.2, 0.25) is 10.0 Å². The maximum absolute atomic E-state index is 12.6. The highest BCUT2D eigenvalue weighted by Crippen LogP contribution is 2.36. The summed E-state index contributed by atoms with van der Waals surface area (Å²) in [7, 11) is 1.77. The maximum atomic E-state index is 12.6. The molecule has 0 amide bonds. The highest BCUT2D eigenvalue weighted by Gasteiger charge is 2.34. The number of halogens is 2. The maximum Gasteiger partial charge on any atom is 0.258 e. The second kappa shape index (κ2) is 10.4. The molecule has 0 saturated carbocycles. The monoisotopic (exact) mass is 520 g/mol. The molecule has 1 aromatic heterocycles. The average Bonchev–Trinajstić information content (AvgIpc) is 2.90. The Morgan fingerprint density at radius 2 is 1.61 bits per heavy atom. The van der Waals surface area contributed by atoms with Gasteiger partial charge in [0, 0.05) is 37.6 Å². The minimum absolute atomic E-state index is 0.00403. The smallest absolute Gasteiger partial charge is 0.258 e. The number of likely N-dealkylation sites (tertiary alicyclic amines) is 1. The van der Waals surface area contributed by atoms with Gasteiger partial charge in [0.25, 0.3) is 5.56 Å². The van der Waals surface area contributed by atoms with Crippen molar-refractivity contribution in [1.29, 1.82) is 0 Å². The van der Waals surface area contributed by atoms with Gasteiger partial charge in [-0.05, 0) is 72.1 Å². The van der Waals surface area contributed by atoms with E-state index in [-0.39, 0.29) is 11.5 Å². The second-order valence-electron chi connectivity index (χ2n) is 9.83. The molecule has 0 spiro atoms. The molecule has 1 aliphatic heterocycles. The van der Waals surface area contributed by atoms with E-state index >= 15 is 0 Å². The summed E-state index contributed by atoms with van der Waals surface area (Å²) in [6.07, 6.45) is 4.13. The van der Waals surface area contributed by atoms with Gasteiger partial charge in [-0.25, -0.2) is 0 Å². The minimum atomic E-state index is -0.759. The molecule has 1 atom stereocenters. The zero-order valence-corrected chi connectivity index (χ0v) is 21.8. The topological polar surface area (TPSA) is 45.5 Å². The fraction of sp³-hybridized carbons (Fsp3) is 0.300. The van der Waals surface area contributed by atoms with Gasteiger partial charge >= 0.3 is 0 Å². The van der Waals surface area contributed by atoms with Crippen LogP contribution >= 0.6 is 23.2 Å². The van der Waals surface area contributed by atoms with Crippen molar-refractivity contribution >= 4 is 34.0 Å². The van der Waals surface area contributed by atoms with E-state index in [9.17, 15) is 9.90 Å². The van der Waals surface area contributed by atoms with Crippen molar-refractivity contribution in [3.05, 3.63) is 116 Å². The van der Waals surface area contributed by atoms with Gasteiger partial charge < -0.3 is 14.6 Å². The largest absolute Gasteiger partial charge is 0.385 e. The molecule has 3 aromatic carbocycles. The summed E-state index contributed by atoms with van der Waals surface area (Å²) in [6, 6.07) is 23.9. The van der Waals surface area contributed by atoms with E-state index in [0.29, 0.717) is 28.3 Å². The quantitative estimate of drug-likeness (QED) is 0.322. The molecule has 0 bridgehead atoms. The number of hydrogen-bond acceptors (Lipinski definition) is 3. The van der Waals surface area contributed by atoms with E-state index in [0.717, 1.165) is 48.1 Å². The predicted molar refractivity (Wildman–Crippen MR) is 148 cm³/mol. The van der Waals surface area contributed by atoms with Gasteiger partial charge in [-0.2, -0.15) is 0 Å². The van der Waals surface area contributed by atoms with E-state index in [4.69, 9.17) is 23.2 Å². The molecule has 2 heterocycles. The van der Waals surface area contributed by atoms with Crippen molar-refractivity contribution in [2.45, 2.75) is 30.8 Å². The summed E-state index contributed by atoms with van der Waals surface area (Å²) in [5, 5.41) is 13.9. The SMILES string of the molecule is Cn1ccc2cc(C(CCN3CCC(O)(c4ccccc4)CC3)c3ccc(Cl)c(Cl)c3)ccc2c1=O. The zero-order chi connectivity index (χ0) is 25.3. The first-order chi connectivity index (χ1) is 17.3. The molecule has 5 rings (SSSR count). The first-order valence-corrected chi connectivity index (χ1v) is 13.1. The van der Waals surface area contributed by atoms with Crippen molar-refractivity contribution in [3.63, 3.8) is 0 Å². The van der Waals surface area contributed by atoms with E-state index in [1.54, 1.807) is 11.6 Å². The Kier molecular flexibility index (Phi) is 7.23. The lowest BCUT2D eigenvalue weighted by Crippen LogP contribution is -2.43. The van der Waals surface area contributed by atoms with Crippen LogP contribution in [0.15, 0.2) is 83.8 Å². The van der Waals surface area contributed by atoms with Crippen molar-refractivity contribution in [1.82, 2.24) is 9.47 Å². The molecular weight excluding hydrogens is 491 g/mol. The highest BCUT2D eigenvalue weighted by atomic mass is 35.5. The molecule has 6 heteroatoms. The first-order valence-electron chi connectivity index (χ1n) is 12.4. The Labute approximate surface area is 221 Å². The summed E-state index contributed by atoms with van der Waals surface area (Å²) in [5.74, 6) is 0.100. The van der Waals surface area contributed by atoms with Gasteiger partial charge in [0.2, 0.25) is 0 Å². The first kappa shape index (κ1) is 25.0. The summed E-state index contributed by atoms with van der Waals surface area (Å²) in [5.41, 5.74) is 2.49. The predicted octanol–water partition coefficient (Wildman–Crippen LogP) is 6.35. The fourth-order valence-corrected chi connectivity index (χ4v) is 5.64. The number of aliphatic hydroxyl groups is 1.